The second kappa shape index (κ2) is 5.93. The number of nitrogens with one attached hydrogen (secondary N) is 1. The van der Waals surface area contributed by atoms with E-state index in [9.17, 15) is 0 Å². The van der Waals surface area contributed by atoms with Gasteiger partial charge < -0.3 is 0 Å². The maximum atomic E-state index is 8.85. The zero-order chi connectivity index (χ0) is 13.8. The Balaban J connectivity index is 2.35. The van der Waals surface area contributed by atoms with Gasteiger partial charge in [0.25, 0.3) is 0 Å². The number of nitrogens with zero attached hydrogens (tertiary/aromatic N) is 1. The number of aryl methyl sites for hydroxylation is 3. The van der Waals surface area contributed by atoms with Crippen molar-refractivity contribution in [2.45, 2.75) is 20.8 Å². The van der Waals surface area contributed by atoms with E-state index in [0.717, 1.165) is 5.69 Å². The molecule has 1 N–H and O–H groups in total. The van der Waals surface area contributed by atoms with Gasteiger partial charge in [0.1, 0.15) is 0 Å². The van der Waals surface area contributed by atoms with Crippen LogP contribution < -0.4 is 14.2 Å². The number of rotatable bonds is 3. The van der Waals surface area contributed by atoms with Crippen molar-refractivity contribution >= 4 is 29.6 Å². The van der Waals surface area contributed by atoms with Gasteiger partial charge in [-0.05, 0) is 0 Å². The molecule has 0 amide bonds. The summed E-state index contributed by atoms with van der Waals surface area (Å²) in [6.45, 7) is 6.27. The van der Waals surface area contributed by atoms with Gasteiger partial charge in [0.05, 0.1) is 0 Å². The van der Waals surface area contributed by atoms with Crippen LogP contribution in [0, 0.1) is 32.2 Å². The molecular weight excluding hydrogens is 299 g/mol. The van der Waals surface area contributed by atoms with Crippen LogP contribution in [0.4, 0.5) is 5.69 Å². The van der Waals surface area contributed by atoms with Crippen LogP contribution in [-0.4, -0.2) is 15.0 Å². The first-order chi connectivity index (χ1) is 9.10. The number of hydrogen-bond donors (Lipinski definition) is 1. The molecule has 0 aromatic heterocycles. The summed E-state index contributed by atoms with van der Waals surface area (Å²) in [5, 5.41) is 11.6. The van der Waals surface area contributed by atoms with Crippen LogP contribution in [0.2, 0.25) is 0 Å². The topological polar surface area (TPSA) is 35.8 Å². The molecule has 2 rings (SSSR count). The molecule has 0 atom stereocenters. The van der Waals surface area contributed by atoms with Crippen LogP contribution in [0.15, 0.2) is 36.4 Å². The fraction of sp³-hybridized carbons (Fsp3) is 0.188. The van der Waals surface area contributed by atoms with E-state index in [0.29, 0.717) is 0 Å². The number of benzene rings is 2. The Hall–Kier alpha value is -1.75. The first-order valence-corrected chi connectivity index (χ1v) is 7.82. The van der Waals surface area contributed by atoms with Crippen LogP contribution in [0.25, 0.3) is 0 Å². The van der Waals surface area contributed by atoms with Gasteiger partial charge >= 0.3 is 120 Å². The third-order valence-corrected chi connectivity index (χ3v) is 5.27. The third-order valence-electron chi connectivity index (χ3n) is 3.04. The molecule has 0 unspecified atom stereocenters. The van der Waals surface area contributed by atoms with E-state index in [-0.39, 0.29) is 15.0 Å². The molecule has 2 aromatic rings. The molecule has 19 heavy (non-hydrogen) atoms. The summed E-state index contributed by atoms with van der Waals surface area (Å²) < 4.78 is 2.54. The van der Waals surface area contributed by atoms with Crippen molar-refractivity contribution in [1.82, 2.24) is 0 Å². The fourth-order valence-corrected chi connectivity index (χ4v) is 3.83. The van der Waals surface area contributed by atoms with Crippen molar-refractivity contribution in [3.63, 3.8) is 0 Å². The SMILES string of the molecule is Cc1ccc([Se]c2cc(C)c(C)cc2NC#N)cc1. The Kier molecular flexibility index (Phi) is 4.27. The van der Waals surface area contributed by atoms with E-state index in [4.69, 9.17) is 5.26 Å². The molecule has 0 aliphatic heterocycles. The summed E-state index contributed by atoms with van der Waals surface area (Å²) in [6.07, 6.45) is 2.03. The Bertz CT molecular complexity index is 624. The van der Waals surface area contributed by atoms with E-state index in [1.807, 2.05) is 6.19 Å². The summed E-state index contributed by atoms with van der Waals surface area (Å²) in [7, 11) is 0. The quantitative estimate of drug-likeness (QED) is 0.535. The minimum absolute atomic E-state index is 0.214. The molecule has 0 bridgehead atoms. The number of anilines is 1. The molecular formula is C16H16N2Se. The first kappa shape index (κ1) is 13.7. The van der Waals surface area contributed by atoms with Gasteiger partial charge in [-0.15, -0.1) is 0 Å². The predicted octanol–water partition coefficient (Wildman–Crippen LogP) is 2.16. The molecule has 2 aromatic carbocycles. The van der Waals surface area contributed by atoms with Crippen molar-refractivity contribution in [2.75, 3.05) is 5.32 Å². The number of hydrogen-bond acceptors (Lipinski definition) is 2. The molecule has 0 saturated heterocycles. The molecule has 0 fully saturated rings. The van der Waals surface area contributed by atoms with Crippen LogP contribution in [0.5, 0.6) is 0 Å². The van der Waals surface area contributed by atoms with Crippen molar-refractivity contribution < 1.29 is 0 Å². The summed E-state index contributed by atoms with van der Waals surface area (Å²) in [4.78, 5) is 0. The van der Waals surface area contributed by atoms with Gasteiger partial charge in [0.2, 0.25) is 0 Å². The molecule has 0 aliphatic rings. The summed E-state index contributed by atoms with van der Waals surface area (Å²) in [5.41, 5.74) is 4.69. The average Bonchev–Trinajstić information content (AvgIpc) is 2.38. The van der Waals surface area contributed by atoms with Gasteiger partial charge in [0.15, 0.2) is 0 Å². The minimum atomic E-state index is 0.214. The van der Waals surface area contributed by atoms with Gasteiger partial charge in [-0.25, -0.2) is 0 Å². The average molecular weight is 315 g/mol. The normalized spacial score (nSPS) is 10.0. The zero-order valence-corrected chi connectivity index (χ0v) is 13.0. The van der Waals surface area contributed by atoms with E-state index >= 15 is 0 Å². The van der Waals surface area contributed by atoms with E-state index in [2.05, 4.69) is 62.5 Å². The van der Waals surface area contributed by atoms with Crippen molar-refractivity contribution in [3.8, 4) is 6.19 Å². The van der Waals surface area contributed by atoms with E-state index < -0.39 is 0 Å². The Morgan fingerprint density at radius 3 is 2.26 bits per heavy atom. The van der Waals surface area contributed by atoms with Gasteiger partial charge in [-0.3, -0.25) is 0 Å². The molecule has 2 nitrogen and oxygen atoms in total. The van der Waals surface area contributed by atoms with Crippen LogP contribution in [0.3, 0.4) is 0 Å². The monoisotopic (exact) mass is 316 g/mol. The van der Waals surface area contributed by atoms with Gasteiger partial charge in [-0.2, -0.15) is 0 Å². The summed E-state index contributed by atoms with van der Waals surface area (Å²) >= 11 is 0.214. The second-order valence-corrected chi connectivity index (χ2v) is 6.92. The standard InChI is InChI=1S/C16H16N2Se/c1-11-4-6-14(7-5-11)19-16-9-13(3)12(2)8-15(16)18-10-17/h4-9,18H,1-3H3. The molecule has 0 radical (unpaired) electrons. The molecule has 96 valence electrons. The zero-order valence-electron chi connectivity index (χ0n) is 11.3. The summed E-state index contributed by atoms with van der Waals surface area (Å²) in [6, 6.07) is 12.9. The summed E-state index contributed by atoms with van der Waals surface area (Å²) in [5.74, 6) is 0. The van der Waals surface area contributed by atoms with Crippen LogP contribution >= 0.6 is 0 Å². The van der Waals surface area contributed by atoms with Crippen molar-refractivity contribution in [3.05, 3.63) is 53.1 Å². The molecule has 0 saturated carbocycles. The van der Waals surface area contributed by atoms with Crippen molar-refractivity contribution in [1.29, 1.82) is 5.26 Å². The predicted molar refractivity (Wildman–Crippen MR) is 81.4 cm³/mol. The van der Waals surface area contributed by atoms with Gasteiger partial charge in [0, 0.05) is 0 Å². The number of nitriles is 1. The van der Waals surface area contributed by atoms with Crippen LogP contribution in [-0.2, 0) is 0 Å². The third kappa shape index (κ3) is 3.38. The van der Waals surface area contributed by atoms with Crippen LogP contribution in [0.1, 0.15) is 16.7 Å². The Labute approximate surface area is 120 Å². The molecule has 3 heteroatoms. The Morgan fingerprint density at radius 2 is 1.63 bits per heavy atom. The first-order valence-electron chi connectivity index (χ1n) is 6.11. The van der Waals surface area contributed by atoms with E-state index in [1.165, 1.54) is 25.6 Å². The molecule has 0 aliphatic carbocycles. The maximum absolute atomic E-state index is 8.85. The molecule has 0 heterocycles. The Morgan fingerprint density at radius 1 is 1.00 bits per heavy atom. The molecule has 0 spiro atoms. The van der Waals surface area contributed by atoms with Crippen molar-refractivity contribution in [2.24, 2.45) is 0 Å². The van der Waals surface area contributed by atoms with E-state index in [1.54, 1.807) is 0 Å². The fourth-order valence-electron chi connectivity index (χ4n) is 1.77. The second-order valence-electron chi connectivity index (χ2n) is 4.58. The van der Waals surface area contributed by atoms with Gasteiger partial charge in [-0.1, -0.05) is 0 Å².